The average molecular weight is 502 g/mol. The Hall–Kier alpha value is -3.71. The summed E-state index contributed by atoms with van der Waals surface area (Å²) in [7, 11) is 0. The quantitative estimate of drug-likeness (QED) is 0.303. The molecule has 37 heavy (non-hydrogen) atoms. The highest BCUT2D eigenvalue weighted by atomic mass is 16.5. The number of aliphatic hydroxyl groups excluding tert-OH is 4. The fraction of sp³-hybridized carbons (Fsp3) is 0.276. The summed E-state index contributed by atoms with van der Waals surface area (Å²) in [6.45, 7) is -0.205. The van der Waals surface area contributed by atoms with E-state index in [2.05, 4.69) is 6.07 Å². The zero-order chi connectivity index (χ0) is 25.9. The predicted octanol–water partition coefficient (Wildman–Crippen LogP) is 2.99. The first-order valence-electron chi connectivity index (χ1n) is 12.0. The Morgan fingerprint density at radius 1 is 0.892 bits per heavy atom. The number of benzene rings is 3. The Kier molecular flexibility index (Phi) is 7.24. The molecule has 5 rings (SSSR count). The highest BCUT2D eigenvalue weighted by molar-refractivity contribution is 5.77. The molecule has 0 amide bonds. The number of rotatable bonds is 7. The maximum atomic E-state index is 10.5. The summed E-state index contributed by atoms with van der Waals surface area (Å²) in [5.74, 6) is 1.41. The molecule has 1 saturated heterocycles. The Morgan fingerprint density at radius 2 is 1.68 bits per heavy atom. The van der Waals surface area contributed by atoms with Crippen LogP contribution in [0.3, 0.4) is 0 Å². The van der Waals surface area contributed by atoms with E-state index in [0.717, 1.165) is 22.3 Å². The molecule has 5 atom stereocenters. The lowest BCUT2D eigenvalue weighted by atomic mass is 9.89. The minimum absolute atomic E-state index is 0.299. The van der Waals surface area contributed by atoms with Gasteiger partial charge in [0.15, 0.2) is 0 Å². The molecule has 0 saturated carbocycles. The molecule has 2 heterocycles. The van der Waals surface area contributed by atoms with Gasteiger partial charge in [0.1, 0.15) is 54.2 Å². The average Bonchev–Trinajstić information content (AvgIpc) is 3.35. The van der Waals surface area contributed by atoms with Crippen LogP contribution in [0.1, 0.15) is 34.1 Å². The molecule has 0 spiro atoms. The van der Waals surface area contributed by atoms with E-state index in [1.165, 1.54) is 0 Å². The fourth-order valence-corrected chi connectivity index (χ4v) is 4.61. The number of nitrogens with zero attached hydrogens (tertiary/aromatic N) is 1. The summed E-state index contributed by atoms with van der Waals surface area (Å²) >= 11 is 0. The minimum Gasteiger partial charge on any atom is -0.486 e. The van der Waals surface area contributed by atoms with Gasteiger partial charge in [-0.3, -0.25) is 0 Å². The molecule has 190 valence electrons. The summed E-state index contributed by atoms with van der Waals surface area (Å²) in [6, 6.07) is 24.5. The molecule has 1 aliphatic rings. The van der Waals surface area contributed by atoms with Crippen molar-refractivity contribution in [1.29, 1.82) is 5.26 Å². The first-order valence-corrected chi connectivity index (χ1v) is 12.0. The molecule has 8 heteroatoms. The summed E-state index contributed by atoms with van der Waals surface area (Å²) in [6.07, 6.45) is -5.81. The third-order valence-electron chi connectivity index (χ3n) is 6.65. The second kappa shape index (κ2) is 10.7. The molecule has 1 fully saturated rings. The maximum Gasteiger partial charge on any atom is 0.146 e. The number of furan rings is 1. The summed E-state index contributed by atoms with van der Waals surface area (Å²) in [4.78, 5) is 0. The zero-order valence-electron chi connectivity index (χ0n) is 19.9. The molecule has 0 bridgehead atoms. The molecule has 4 N–H and O–H groups in total. The van der Waals surface area contributed by atoms with Crippen molar-refractivity contribution in [2.75, 3.05) is 6.61 Å². The van der Waals surface area contributed by atoms with E-state index in [0.29, 0.717) is 35.5 Å². The molecular weight excluding hydrogens is 474 g/mol. The molecule has 8 nitrogen and oxygen atoms in total. The van der Waals surface area contributed by atoms with Crippen LogP contribution in [-0.4, -0.2) is 51.4 Å². The molecular formula is C29H27NO7. The van der Waals surface area contributed by atoms with Gasteiger partial charge < -0.3 is 34.3 Å². The predicted molar refractivity (Wildman–Crippen MR) is 134 cm³/mol. The number of nitriles is 1. The summed E-state index contributed by atoms with van der Waals surface area (Å²) in [5, 5.41) is 50.8. The summed E-state index contributed by atoms with van der Waals surface area (Å²) < 4.78 is 17.3. The summed E-state index contributed by atoms with van der Waals surface area (Å²) in [5.41, 5.74) is 3.48. The van der Waals surface area contributed by atoms with Crippen LogP contribution < -0.4 is 4.74 Å². The van der Waals surface area contributed by atoms with Crippen LogP contribution in [0.4, 0.5) is 0 Å². The van der Waals surface area contributed by atoms with E-state index in [1.54, 1.807) is 18.2 Å². The van der Waals surface area contributed by atoms with Gasteiger partial charge in [0.25, 0.3) is 0 Å². The van der Waals surface area contributed by atoms with E-state index >= 15 is 0 Å². The van der Waals surface area contributed by atoms with Crippen LogP contribution in [0.5, 0.6) is 5.75 Å². The smallest absolute Gasteiger partial charge is 0.146 e. The number of para-hydroxylation sites is 1. The minimum atomic E-state index is -1.47. The third kappa shape index (κ3) is 5.23. The third-order valence-corrected chi connectivity index (χ3v) is 6.65. The van der Waals surface area contributed by atoms with Crippen molar-refractivity contribution in [1.82, 2.24) is 0 Å². The first-order chi connectivity index (χ1) is 18.0. The van der Waals surface area contributed by atoms with Gasteiger partial charge in [-0.1, -0.05) is 42.5 Å². The molecule has 1 aliphatic heterocycles. The monoisotopic (exact) mass is 501 g/mol. The molecule has 0 aliphatic carbocycles. The zero-order valence-corrected chi connectivity index (χ0v) is 19.9. The maximum absolute atomic E-state index is 10.5. The van der Waals surface area contributed by atoms with Gasteiger partial charge in [-0.05, 0) is 53.4 Å². The second-order valence-corrected chi connectivity index (χ2v) is 9.14. The van der Waals surface area contributed by atoms with Crippen molar-refractivity contribution in [2.45, 2.75) is 43.5 Å². The highest BCUT2D eigenvalue weighted by Gasteiger charge is 2.44. The first kappa shape index (κ1) is 25.0. The van der Waals surface area contributed by atoms with E-state index in [9.17, 15) is 25.7 Å². The lowest BCUT2D eigenvalue weighted by Crippen LogP contribution is -2.55. The number of fused-ring (bicyclic) bond motifs is 1. The Bertz CT molecular complexity index is 1370. The van der Waals surface area contributed by atoms with Crippen LogP contribution in [0, 0.1) is 11.3 Å². The van der Waals surface area contributed by atoms with Gasteiger partial charge in [0.2, 0.25) is 0 Å². The lowest BCUT2D eigenvalue weighted by molar-refractivity contribution is -0.231. The van der Waals surface area contributed by atoms with Crippen molar-refractivity contribution in [3.05, 3.63) is 101 Å². The lowest BCUT2D eigenvalue weighted by Gasteiger charge is -2.40. The van der Waals surface area contributed by atoms with Crippen LogP contribution >= 0.6 is 0 Å². The Morgan fingerprint density at radius 3 is 2.41 bits per heavy atom. The van der Waals surface area contributed by atoms with Gasteiger partial charge in [-0.2, -0.15) is 5.26 Å². The van der Waals surface area contributed by atoms with Crippen molar-refractivity contribution in [2.24, 2.45) is 0 Å². The largest absolute Gasteiger partial charge is 0.486 e. The van der Waals surface area contributed by atoms with Crippen molar-refractivity contribution in [3.63, 3.8) is 0 Å². The topological polar surface area (TPSA) is 136 Å². The van der Waals surface area contributed by atoms with Crippen LogP contribution in [0.2, 0.25) is 0 Å². The van der Waals surface area contributed by atoms with E-state index < -0.39 is 37.1 Å². The van der Waals surface area contributed by atoms with Gasteiger partial charge in [-0.15, -0.1) is 0 Å². The Labute approximate surface area is 213 Å². The van der Waals surface area contributed by atoms with Crippen molar-refractivity contribution < 1.29 is 34.3 Å². The molecule has 0 radical (unpaired) electrons. The number of ether oxygens (including phenoxy) is 2. The van der Waals surface area contributed by atoms with Gasteiger partial charge in [0.05, 0.1) is 18.2 Å². The van der Waals surface area contributed by atoms with Crippen LogP contribution in [0.15, 0.2) is 77.2 Å². The molecule has 0 unspecified atom stereocenters. The van der Waals surface area contributed by atoms with Gasteiger partial charge in [0, 0.05) is 5.39 Å². The van der Waals surface area contributed by atoms with Gasteiger partial charge >= 0.3 is 0 Å². The van der Waals surface area contributed by atoms with Crippen molar-refractivity contribution in [3.8, 4) is 11.8 Å². The van der Waals surface area contributed by atoms with E-state index in [-0.39, 0.29) is 0 Å². The highest BCUT2D eigenvalue weighted by Crippen LogP contribution is 2.33. The van der Waals surface area contributed by atoms with Crippen LogP contribution in [0.25, 0.3) is 11.0 Å². The number of aliphatic hydroxyl groups is 4. The molecule has 3 aromatic carbocycles. The number of hydrogen-bond donors (Lipinski definition) is 4. The van der Waals surface area contributed by atoms with E-state index in [1.807, 2.05) is 54.6 Å². The number of hydrogen-bond acceptors (Lipinski definition) is 8. The van der Waals surface area contributed by atoms with Crippen molar-refractivity contribution >= 4 is 11.0 Å². The standard InChI is InChI=1S/C29H27NO7/c30-14-20-8-7-19(29-28(34)27(33)26(32)25(15-31)37-29)12-21(20)11-17-5-9-22(10-6-17)35-16-23-13-18-3-1-2-4-24(18)36-23/h1-10,12-13,25-29,31-34H,11,15-16H2/t25-,26-,27+,28-,29+/m1/s1. The fourth-order valence-electron chi connectivity index (χ4n) is 4.61. The SMILES string of the molecule is N#Cc1ccc([C@@H]2O[C@H](CO)[C@@H](O)[C@H](O)[C@H]2O)cc1Cc1ccc(OCc2cc3ccccc3o2)cc1. The van der Waals surface area contributed by atoms with E-state index in [4.69, 9.17) is 13.9 Å². The molecule has 4 aromatic rings. The normalized spacial score (nSPS) is 23.6. The second-order valence-electron chi connectivity index (χ2n) is 9.14. The van der Waals surface area contributed by atoms with Crippen LogP contribution in [-0.2, 0) is 17.8 Å². The van der Waals surface area contributed by atoms with Gasteiger partial charge in [-0.25, -0.2) is 0 Å². The Balaban J connectivity index is 1.29. The molecule has 1 aromatic heterocycles.